The van der Waals surface area contributed by atoms with Gasteiger partial charge in [-0.25, -0.2) is 10.1 Å². The molecule has 0 aliphatic rings. The molecular weight excluding hydrogens is 294 g/mol. The first-order valence-electron chi connectivity index (χ1n) is 7.16. The van der Waals surface area contributed by atoms with Crippen LogP contribution in [0.15, 0.2) is 29.4 Å². The molecule has 3 rings (SSSR count). The molecule has 2 aromatic heterocycles. The first-order valence-corrected chi connectivity index (χ1v) is 7.16. The highest BCUT2D eigenvalue weighted by Crippen LogP contribution is 2.09. The van der Waals surface area contributed by atoms with E-state index in [1.165, 1.54) is 0 Å². The average Bonchev–Trinajstić information content (AvgIpc) is 3.03. The molecule has 118 valence electrons. The largest absolute Gasteiger partial charge is 0.272 e. The molecule has 1 aromatic carbocycles. The van der Waals surface area contributed by atoms with Crippen LogP contribution in [0.2, 0.25) is 0 Å². The highest BCUT2D eigenvalue weighted by molar-refractivity contribution is 5.85. The summed E-state index contributed by atoms with van der Waals surface area (Å²) in [5, 5.41) is 16.3. The Morgan fingerprint density at radius 2 is 2.13 bits per heavy atom. The molecule has 0 aliphatic heterocycles. The normalized spacial score (nSPS) is 11.4. The van der Waals surface area contributed by atoms with Crippen LogP contribution < -0.4 is 5.43 Å². The summed E-state index contributed by atoms with van der Waals surface area (Å²) in [6, 6.07) is 7.48. The van der Waals surface area contributed by atoms with Crippen molar-refractivity contribution >= 4 is 23.2 Å². The van der Waals surface area contributed by atoms with E-state index in [2.05, 4.69) is 25.9 Å². The Morgan fingerprint density at radius 3 is 2.87 bits per heavy atom. The lowest BCUT2D eigenvalue weighted by atomic mass is 10.2. The summed E-state index contributed by atoms with van der Waals surface area (Å²) in [5.74, 6) is -0.268. The zero-order valence-electron chi connectivity index (χ0n) is 13.2. The van der Waals surface area contributed by atoms with Crippen LogP contribution in [0.3, 0.4) is 0 Å². The van der Waals surface area contributed by atoms with Crippen molar-refractivity contribution in [2.45, 2.75) is 20.4 Å². The Balaban J connectivity index is 1.67. The number of hydrazone groups is 1. The Morgan fingerprint density at radius 1 is 1.35 bits per heavy atom. The van der Waals surface area contributed by atoms with Crippen molar-refractivity contribution in [3.63, 3.8) is 0 Å². The molecular formula is C15H17N7O. The molecule has 8 heteroatoms. The molecule has 1 N–H and O–H groups in total. The first-order chi connectivity index (χ1) is 11.1. The maximum Gasteiger partial charge on any atom is 0.261 e. The van der Waals surface area contributed by atoms with Crippen molar-refractivity contribution in [2.24, 2.45) is 12.1 Å². The number of amides is 1. The van der Waals surface area contributed by atoms with Gasteiger partial charge in [-0.3, -0.25) is 9.48 Å². The van der Waals surface area contributed by atoms with E-state index in [0.717, 1.165) is 28.0 Å². The summed E-state index contributed by atoms with van der Waals surface area (Å²) in [6.07, 6.45) is 1.61. The predicted molar refractivity (Wildman–Crippen MR) is 85.9 cm³/mol. The van der Waals surface area contributed by atoms with Gasteiger partial charge in [0.05, 0.1) is 17.4 Å². The smallest absolute Gasteiger partial charge is 0.261 e. The second-order valence-electron chi connectivity index (χ2n) is 5.24. The Labute approximate surface area is 132 Å². The van der Waals surface area contributed by atoms with Gasteiger partial charge in [-0.15, -0.1) is 5.10 Å². The van der Waals surface area contributed by atoms with Crippen LogP contribution in [0, 0.1) is 13.8 Å². The maximum atomic E-state index is 12.0. The third-order valence-corrected chi connectivity index (χ3v) is 3.66. The third kappa shape index (κ3) is 2.96. The summed E-state index contributed by atoms with van der Waals surface area (Å²) >= 11 is 0. The number of aromatic nitrogens is 5. The van der Waals surface area contributed by atoms with Crippen molar-refractivity contribution < 1.29 is 4.79 Å². The van der Waals surface area contributed by atoms with E-state index in [4.69, 9.17) is 0 Å². The van der Waals surface area contributed by atoms with Gasteiger partial charge in [-0.05, 0) is 26.0 Å². The lowest BCUT2D eigenvalue weighted by molar-refractivity contribution is -0.121. The van der Waals surface area contributed by atoms with Crippen LogP contribution in [0.1, 0.15) is 17.0 Å². The van der Waals surface area contributed by atoms with Gasteiger partial charge in [0.2, 0.25) is 0 Å². The number of para-hydroxylation sites is 1. The van der Waals surface area contributed by atoms with E-state index in [1.807, 2.05) is 45.2 Å². The molecule has 1 amide bonds. The lowest BCUT2D eigenvalue weighted by Gasteiger charge is -2.01. The number of rotatable bonds is 4. The fourth-order valence-corrected chi connectivity index (χ4v) is 2.35. The number of carbonyl (C=O) groups excluding carboxylic acids is 1. The zero-order chi connectivity index (χ0) is 16.4. The number of fused-ring (bicyclic) bond motifs is 1. The summed E-state index contributed by atoms with van der Waals surface area (Å²) in [4.78, 5) is 12.0. The quantitative estimate of drug-likeness (QED) is 0.573. The van der Waals surface area contributed by atoms with Crippen LogP contribution >= 0.6 is 0 Å². The molecule has 8 nitrogen and oxygen atoms in total. The number of nitrogens with one attached hydrogen (secondary N) is 1. The minimum absolute atomic E-state index is 0.0584. The molecule has 0 aliphatic carbocycles. The van der Waals surface area contributed by atoms with E-state index in [-0.39, 0.29) is 12.5 Å². The summed E-state index contributed by atoms with van der Waals surface area (Å²) in [5.41, 5.74) is 6.82. The van der Waals surface area contributed by atoms with Crippen molar-refractivity contribution in [2.75, 3.05) is 0 Å². The van der Waals surface area contributed by atoms with Crippen molar-refractivity contribution in [3.05, 3.63) is 41.2 Å². The fraction of sp³-hybridized carbons (Fsp3) is 0.267. The highest BCUT2D eigenvalue weighted by atomic mass is 16.2. The maximum absolute atomic E-state index is 12.0. The van der Waals surface area contributed by atoms with E-state index in [0.29, 0.717) is 0 Å². The molecule has 0 saturated carbocycles. The Bertz CT molecular complexity index is 891. The van der Waals surface area contributed by atoms with Gasteiger partial charge in [0.25, 0.3) is 5.91 Å². The highest BCUT2D eigenvalue weighted by Gasteiger charge is 2.09. The summed E-state index contributed by atoms with van der Waals surface area (Å²) in [7, 11) is 1.87. The molecule has 0 unspecified atom stereocenters. The molecule has 0 atom stereocenters. The van der Waals surface area contributed by atoms with Gasteiger partial charge < -0.3 is 0 Å². The van der Waals surface area contributed by atoms with Crippen LogP contribution in [-0.4, -0.2) is 36.9 Å². The van der Waals surface area contributed by atoms with E-state index < -0.39 is 0 Å². The molecule has 2 heterocycles. The monoisotopic (exact) mass is 311 g/mol. The minimum Gasteiger partial charge on any atom is -0.272 e. The van der Waals surface area contributed by atoms with Crippen molar-refractivity contribution in [3.8, 4) is 0 Å². The molecule has 0 bridgehead atoms. The number of nitrogens with zero attached hydrogens (tertiary/aromatic N) is 6. The zero-order valence-corrected chi connectivity index (χ0v) is 13.2. The number of benzene rings is 1. The van der Waals surface area contributed by atoms with Crippen LogP contribution in [-0.2, 0) is 18.4 Å². The third-order valence-electron chi connectivity index (χ3n) is 3.66. The fourth-order valence-electron chi connectivity index (χ4n) is 2.35. The molecule has 3 aromatic rings. The number of aryl methyl sites for hydroxylation is 2. The van der Waals surface area contributed by atoms with Crippen LogP contribution in [0.4, 0.5) is 0 Å². The SMILES string of the molecule is Cc1nn(C)c(C)c1/C=N/NC(=O)Cn1nnc2ccccc21. The van der Waals surface area contributed by atoms with Gasteiger partial charge in [-0.2, -0.15) is 10.2 Å². The summed E-state index contributed by atoms with van der Waals surface area (Å²) < 4.78 is 3.32. The van der Waals surface area contributed by atoms with E-state index in [9.17, 15) is 4.79 Å². The molecule has 23 heavy (non-hydrogen) atoms. The molecule has 0 fully saturated rings. The Hall–Kier alpha value is -3.03. The van der Waals surface area contributed by atoms with E-state index >= 15 is 0 Å². The second kappa shape index (κ2) is 5.99. The lowest BCUT2D eigenvalue weighted by Crippen LogP contribution is -2.23. The summed E-state index contributed by atoms with van der Waals surface area (Å²) in [6.45, 7) is 3.91. The van der Waals surface area contributed by atoms with Crippen LogP contribution in [0.5, 0.6) is 0 Å². The molecule has 0 spiro atoms. The van der Waals surface area contributed by atoms with Crippen molar-refractivity contribution in [1.29, 1.82) is 0 Å². The van der Waals surface area contributed by atoms with Gasteiger partial charge >= 0.3 is 0 Å². The van der Waals surface area contributed by atoms with E-state index in [1.54, 1.807) is 15.6 Å². The van der Waals surface area contributed by atoms with Crippen LogP contribution in [0.25, 0.3) is 11.0 Å². The van der Waals surface area contributed by atoms with Crippen molar-refractivity contribution in [1.82, 2.24) is 30.2 Å². The average molecular weight is 311 g/mol. The second-order valence-corrected chi connectivity index (χ2v) is 5.24. The molecule has 0 saturated heterocycles. The standard InChI is InChI=1S/C15H17N7O/c1-10-12(11(2)21(3)19-10)8-16-18-15(23)9-22-14-7-5-4-6-13(14)17-20-22/h4-8H,9H2,1-3H3,(H,18,23)/b16-8+. The minimum atomic E-state index is -0.268. The van der Waals surface area contributed by atoms with Gasteiger partial charge in [0.15, 0.2) is 0 Å². The van der Waals surface area contributed by atoms with Gasteiger partial charge in [0, 0.05) is 18.3 Å². The molecule has 0 radical (unpaired) electrons. The predicted octanol–water partition coefficient (Wildman–Crippen LogP) is 0.932. The Kier molecular flexibility index (Phi) is 3.88. The number of carbonyl (C=O) groups is 1. The topological polar surface area (TPSA) is 90.0 Å². The van der Waals surface area contributed by atoms with Gasteiger partial charge in [0.1, 0.15) is 12.1 Å². The van der Waals surface area contributed by atoms with Gasteiger partial charge in [-0.1, -0.05) is 17.3 Å². The number of hydrogen-bond acceptors (Lipinski definition) is 5. The first kappa shape index (κ1) is 14.9. The number of hydrogen-bond donors (Lipinski definition) is 1.